The third-order valence-corrected chi connectivity index (χ3v) is 4.75. The Kier molecular flexibility index (Phi) is 4.82. The Morgan fingerprint density at radius 1 is 1.65 bits per heavy atom. The van der Waals surface area contributed by atoms with Gasteiger partial charge in [-0.3, -0.25) is 4.79 Å². The number of aryl methyl sites for hydroxylation is 1. The maximum Gasteiger partial charge on any atom is 0.276 e. The van der Waals surface area contributed by atoms with Crippen LogP contribution in [0.5, 0.6) is 0 Å². The van der Waals surface area contributed by atoms with Gasteiger partial charge in [-0.2, -0.15) is 0 Å². The highest BCUT2D eigenvalue weighted by Crippen LogP contribution is 2.40. The van der Waals surface area contributed by atoms with E-state index in [9.17, 15) is 4.79 Å². The molecule has 2 atom stereocenters. The Labute approximate surface area is 136 Å². The number of hydrogen-bond donors (Lipinski definition) is 0. The van der Waals surface area contributed by atoms with E-state index in [-0.39, 0.29) is 17.4 Å². The first-order valence-corrected chi connectivity index (χ1v) is 8.17. The van der Waals surface area contributed by atoms with Gasteiger partial charge in [-0.25, -0.2) is 0 Å². The molecule has 3 heterocycles. The van der Waals surface area contributed by atoms with Crippen LogP contribution >= 0.6 is 0 Å². The van der Waals surface area contributed by atoms with Gasteiger partial charge in [0.2, 0.25) is 0 Å². The first-order chi connectivity index (χ1) is 11.1. The van der Waals surface area contributed by atoms with Crippen LogP contribution in [0.25, 0.3) is 0 Å². The maximum atomic E-state index is 12.7. The van der Waals surface area contributed by atoms with Gasteiger partial charge < -0.3 is 18.9 Å². The lowest BCUT2D eigenvalue weighted by Crippen LogP contribution is -2.58. The van der Waals surface area contributed by atoms with Crippen LogP contribution in [0.3, 0.4) is 0 Å². The van der Waals surface area contributed by atoms with Crippen molar-refractivity contribution in [3.63, 3.8) is 0 Å². The van der Waals surface area contributed by atoms with Crippen LogP contribution in [0.4, 0.5) is 0 Å². The number of nitrogens with zero attached hydrogens (tertiary/aromatic N) is 2. The van der Waals surface area contributed by atoms with Gasteiger partial charge in [0.15, 0.2) is 5.69 Å². The zero-order valence-corrected chi connectivity index (χ0v) is 13.6. The first kappa shape index (κ1) is 16.2. The van der Waals surface area contributed by atoms with Gasteiger partial charge in [-0.15, -0.1) is 6.58 Å². The van der Waals surface area contributed by atoms with Crippen LogP contribution in [0.2, 0.25) is 0 Å². The molecule has 0 unspecified atom stereocenters. The van der Waals surface area contributed by atoms with Crippen molar-refractivity contribution in [1.82, 2.24) is 10.1 Å². The lowest BCUT2D eigenvalue weighted by atomic mass is 9.73. The van der Waals surface area contributed by atoms with Crippen molar-refractivity contribution in [2.45, 2.75) is 32.3 Å². The van der Waals surface area contributed by atoms with E-state index in [2.05, 4.69) is 11.7 Å². The van der Waals surface area contributed by atoms with E-state index in [1.165, 1.54) is 0 Å². The summed E-state index contributed by atoms with van der Waals surface area (Å²) in [5.74, 6) is 0.572. The van der Waals surface area contributed by atoms with Crippen LogP contribution < -0.4 is 0 Å². The van der Waals surface area contributed by atoms with Crippen LogP contribution in [0.1, 0.15) is 35.5 Å². The molecule has 2 fully saturated rings. The van der Waals surface area contributed by atoms with Crippen LogP contribution in [-0.4, -0.2) is 55.0 Å². The molecule has 3 rings (SSSR count). The highest BCUT2D eigenvalue weighted by molar-refractivity contribution is 5.92. The lowest BCUT2D eigenvalue weighted by molar-refractivity contribution is -0.144. The van der Waals surface area contributed by atoms with E-state index in [0.717, 1.165) is 25.9 Å². The van der Waals surface area contributed by atoms with Crippen molar-refractivity contribution in [2.75, 3.05) is 32.9 Å². The smallest absolute Gasteiger partial charge is 0.276 e. The monoisotopic (exact) mass is 320 g/mol. The molecule has 0 N–H and O–H groups in total. The number of carbonyl (C=O) groups excluding carboxylic acids is 1. The Morgan fingerprint density at radius 2 is 2.52 bits per heavy atom. The second-order valence-corrected chi connectivity index (χ2v) is 6.47. The number of rotatable bonds is 5. The number of ether oxygens (including phenoxy) is 2. The molecule has 23 heavy (non-hydrogen) atoms. The van der Waals surface area contributed by atoms with Gasteiger partial charge in [0.05, 0.1) is 19.3 Å². The summed E-state index contributed by atoms with van der Waals surface area (Å²) in [6.07, 6.45) is 4.75. The van der Waals surface area contributed by atoms with Gasteiger partial charge in [-0.1, -0.05) is 11.2 Å². The predicted molar refractivity (Wildman–Crippen MR) is 84.2 cm³/mol. The molecule has 1 aromatic rings. The lowest BCUT2D eigenvalue weighted by Gasteiger charge is -2.50. The van der Waals surface area contributed by atoms with E-state index in [0.29, 0.717) is 37.8 Å². The predicted octanol–water partition coefficient (Wildman–Crippen LogP) is 2.20. The molecular formula is C17H24N2O4. The summed E-state index contributed by atoms with van der Waals surface area (Å²) in [5.41, 5.74) is 0.244. The number of fused-ring (bicyclic) bond motifs is 1. The number of aromatic nitrogens is 1. The van der Waals surface area contributed by atoms with E-state index >= 15 is 0 Å². The van der Waals surface area contributed by atoms with Crippen molar-refractivity contribution in [1.29, 1.82) is 0 Å². The molecule has 0 aliphatic carbocycles. The van der Waals surface area contributed by atoms with Gasteiger partial charge >= 0.3 is 0 Å². The molecule has 0 saturated carbocycles. The Morgan fingerprint density at radius 3 is 3.26 bits per heavy atom. The highest BCUT2D eigenvalue weighted by atomic mass is 16.5. The Balaban J connectivity index is 1.74. The molecule has 1 aromatic heterocycles. The maximum absolute atomic E-state index is 12.7. The van der Waals surface area contributed by atoms with Crippen LogP contribution in [0, 0.1) is 12.3 Å². The second-order valence-electron chi connectivity index (χ2n) is 6.47. The summed E-state index contributed by atoms with van der Waals surface area (Å²) < 4.78 is 16.8. The summed E-state index contributed by atoms with van der Waals surface area (Å²) in [7, 11) is 0. The zero-order chi connectivity index (χ0) is 16.3. The van der Waals surface area contributed by atoms with Crippen molar-refractivity contribution in [2.24, 2.45) is 5.41 Å². The number of amides is 1. The average Bonchev–Trinajstić information content (AvgIpc) is 3.00. The van der Waals surface area contributed by atoms with Gasteiger partial charge in [0, 0.05) is 31.2 Å². The van der Waals surface area contributed by atoms with Gasteiger partial charge in [0.25, 0.3) is 5.91 Å². The third-order valence-electron chi connectivity index (χ3n) is 4.75. The molecule has 0 spiro atoms. The molecular weight excluding hydrogens is 296 g/mol. The number of carbonyl (C=O) groups is 1. The fourth-order valence-electron chi connectivity index (χ4n) is 3.65. The summed E-state index contributed by atoms with van der Waals surface area (Å²) in [6, 6.07) is 1.69. The second kappa shape index (κ2) is 6.84. The molecule has 6 heteroatoms. The molecule has 1 amide bonds. The van der Waals surface area contributed by atoms with E-state index in [1.54, 1.807) is 19.1 Å². The quantitative estimate of drug-likeness (QED) is 0.615. The van der Waals surface area contributed by atoms with Crippen molar-refractivity contribution in [3.8, 4) is 0 Å². The van der Waals surface area contributed by atoms with Crippen molar-refractivity contribution in [3.05, 3.63) is 30.2 Å². The summed E-state index contributed by atoms with van der Waals surface area (Å²) >= 11 is 0. The molecule has 126 valence electrons. The number of likely N-dealkylation sites (tertiary alicyclic amines) is 1. The van der Waals surface area contributed by atoms with Crippen molar-refractivity contribution < 1.29 is 18.8 Å². The fraction of sp³-hybridized carbons (Fsp3) is 0.647. The molecule has 2 aliphatic rings. The molecule has 2 saturated heterocycles. The third kappa shape index (κ3) is 3.33. The van der Waals surface area contributed by atoms with E-state index in [4.69, 9.17) is 14.0 Å². The normalized spacial score (nSPS) is 27.5. The minimum absolute atomic E-state index is 0.0750. The van der Waals surface area contributed by atoms with Gasteiger partial charge in [-0.05, 0) is 26.2 Å². The number of piperidine rings is 1. The molecule has 2 aliphatic heterocycles. The van der Waals surface area contributed by atoms with Crippen LogP contribution in [0.15, 0.2) is 23.2 Å². The van der Waals surface area contributed by atoms with Gasteiger partial charge in [0.1, 0.15) is 5.76 Å². The molecule has 0 aromatic carbocycles. The Bertz CT molecular complexity index is 571. The van der Waals surface area contributed by atoms with Crippen LogP contribution in [-0.2, 0) is 9.47 Å². The minimum Gasteiger partial charge on any atom is -0.377 e. The topological polar surface area (TPSA) is 64.8 Å². The van der Waals surface area contributed by atoms with Crippen molar-refractivity contribution >= 4 is 5.91 Å². The largest absolute Gasteiger partial charge is 0.377 e. The zero-order valence-electron chi connectivity index (χ0n) is 13.6. The molecule has 0 bridgehead atoms. The average molecular weight is 320 g/mol. The summed E-state index contributed by atoms with van der Waals surface area (Å²) in [6.45, 7) is 8.70. The first-order valence-electron chi connectivity index (χ1n) is 8.17. The standard InChI is InChI=1S/C17H24N2O4/c1-3-8-21-12-17-6-4-9-22-15(17)5-7-19(11-17)16(20)14-10-13(2)23-18-14/h3,10,15H,1,4-9,11-12H2,2H3/t15-,17-/m0/s1. The van der Waals surface area contributed by atoms with E-state index in [1.807, 2.05) is 4.90 Å². The highest BCUT2D eigenvalue weighted by Gasteiger charge is 2.47. The molecule has 6 nitrogen and oxygen atoms in total. The SMILES string of the molecule is C=CCOC[C@@]12CCCO[C@H]1CCN(C(=O)c1cc(C)on1)C2. The molecule has 0 radical (unpaired) electrons. The Hall–Kier alpha value is -1.66. The van der Waals surface area contributed by atoms with E-state index < -0.39 is 0 Å². The summed E-state index contributed by atoms with van der Waals surface area (Å²) in [4.78, 5) is 14.5. The summed E-state index contributed by atoms with van der Waals surface area (Å²) in [5, 5.41) is 3.85. The fourth-order valence-corrected chi connectivity index (χ4v) is 3.65. The number of hydrogen-bond acceptors (Lipinski definition) is 5. The minimum atomic E-state index is -0.131.